The number of halogens is 1. The van der Waals surface area contributed by atoms with Gasteiger partial charge < -0.3 is 9.47 Å². The summed E-state index contributed by atoms with van der Waals surface area (Å²) in [5, 5.41) is 0.420. The van der Waals surface area contributed by atoms with Crippen molar-refractivity contribution in [1.29, 1.82) is 0 Å². The van der Waals surface area contributed by atoms with Crippen molar-refractivity contribution >= 4 is 21.6 Å². The van der Waals surface area contributed by atoms with Gasteiger partial charge in [0.25, 0.3) is 0 Å². The van der Waals surface area contributed by atoms with Crippen LogP contribution in [0.25, 0.3) is 0 Å². The van der Waals surface area contributed by atoms with Gasteiger partial charge in [0, 0.05) is 19.2 Å². The van der Waals surface area contributed by atoms with Crippen LogP contribution in [0.1, 0.15) is 33.6 Å². The van der Waals surface area contributed by atoms with Crippen LogP contribution in [-0.4, -0.2) is 44.6 Å². The maximum Gasteiger partial charge on any atom is 0.243 e. The molecule has 7 heteroatoms. The zero-order chi connectivity index (χ0) is 17.0. The zero-order valence-electron chi connectivity index (χ0n) is 13.8. The largest absolute Gasteiger partial charge is 0.492 e. The van der Waals surface area contributed by atoms with Crippen LogP contribution in [0.4, 0.5) is 0 Å². The summed E-state index contributed by atoms with van der Waals surface area (Å²) in [5.41, 5.74) is 0. The van der Waals surface area contributed by atoms with E-state index in [1.165, 1.54) is 16.4 Å². The van der Waals surface area contributed by atoms with Crippen molar-refractivity contribution in [2.24, 2.45) is 0 Å². The molecule has 0 saturated carbocycles. The van der Waals surface area contributed by atoms with E-state index < -0.39 is 10.0 Å². The predicted molar refractivity (Wildman–Crippen MR) is 90.6 cm³/mol. The van der Waals surface area contributed by atoms with E-state index in [-0.39, 0.29) is 17.1 Å². The first-order valence-electron chi connectivity index (χ1n) is 7.92. The SMILES string of the molecule is CCCCOc1cc(S(=O)(=O)N2CC(C)OC(C)C2)ccc1Cl. The first-order valence-corrected chi connectivity index (χ1v) is 9.74. The van der Waals surface area contributed by atoms with Gasteiger partial charge in [0.2, 0.25) is 10.0 Å². The molecule has 2 rings (SSSR count). The molecule has 1 aromatic carbocycles. The third-order valence-corrected chi connectivity index (χ3v) is 5.82. The minimum Gasteiger partial charge on any atom is -0.492 e. The van der Waals surface area contributed by atoms with Gasteiger partial charge in [-0.15, -0.1) is 0 Å². The summed E-state index contributed by atoms with van der Waals surface area (Å²) in [6.07, 6.45) is 1.65. The highest BCUT2D eigenvalue weighted by molar-refractivity contribution is 7.89. The Hall–Kier alpha value is -0.820. The molecule has 5 nitrogen and oxygen atoms in total. The van der Waals surface area contributed by atoms with Crippen LogP contribution < -0.4 is 4.74 Å². The highest BCUT2D eigenvalue weighted by Crippen LogP contribution is 2.30. The third-order valence-electron chi connectivity index (χ3n) is 3.68. The van der Waals surface area contributed by atoms with E-state index in [0.29, 0.717) is 30.5 Å². The molecule has 0 amide bonds. The van der Waals surface area contributed by atoms with E-state index in [9.17, 15) is 8.42 Å². The van der Waals surface area contributed by atoms with Crippen molar-refractivity contribution in [3.63, 3.8) is 0 Å². The number of sulfonamides is 1. The molecule has 0 aliphatic carbocycles. The first-order chi connectivity index (χ1) is 10.8. The van der Waals surface area contributed by atoms with Gasteiger partial charge >= 0.3 is 0 Å². The summed E-state index contributed by atoms with van der Waals surface area (Å²) < 4.78 is 38.4. The molecule has 1 saturated heterocycles. The summed E-state index contributed by atoms with van der Waals surface area (Å²) in [4.78, 5) is 0.203. The van der Waals surface area contributed by atoms with E-state index in [0.717, 1.165) is 12.8 Å². The van der Waals surface area contributed by atoms with E-state index in [2.05, 4.69) is 6.92 Å². The molecule has 0 aromatic heterocycles. The molecule has 130 valence electrons. The average Bonchev–Trinajstić information content (AvgIpc) is 2.48. The smallest absolute Gasteiger partial charge is 0.243 e. The van der Waals surface area contributed by atoms with Gasteiger partial charge in [-0.2, -0.15) is 4.31 Å². The van der Waals surface area contributed by atoms with Crippen LogP contribution >= 0.6 is 11.6 Å². The molecule has 2 atom stereocenters. The molecular weight excluding hydrogens is 338 g/mol. The van der Waals surface area contributed by atoms with Gasteiger partial charge in [-0.25, -0.2) is 8.42 Å². The molecule has 1 aliphatic rings. The van der Waals surface area contributed by atoms with Gasteiger partial charge in [-0.05, 0) is 32.4 Å². The molecule has 2 unspecified atom stereocenters. The number of hydrogen-bond acceptors (Lipinski definition) is 4. The maximum atomic E-state index is 12.8. The van der Waals surface area contributed by atoms with Gasteiger partial charge in [0.15, 0.2) is 0 Å². The van der Waals surface area contributed by atoms with Crippen LogP contribution in [0.2, 0.25) is 5.02 Å². The number of unbranched alkanes of at least 4 members (excludes halogenated alkanes) is 1. The van der Waals surface area contributed by atoms with Gasteiger partial charge in [0.05, 0.1) is 28.7 Å². The standard InChI is InChI=1S/C16H24ClNO4S/c1-4-5-8-21-16-9-14(6-7-15(16)17)23(19,20)18-10-12(2)22-13(3)11-18/h6-7,9,12-13H,4-5,8,10-11H2,1-3H3. The van der Waals surface area contributed by atoms with Gasteiger partial charge in [-0.1, -0.05) is 24.9 Å². The normalized spacial score (nSPS) is 23.0. The summed E-state index contributed by atoms with van der Waals surface area (Å²) in [5.74, 6) is 0.413. The zero-order valence-corrected chi connectivity index (χ0v) is 15.4. The van der Waals surface area contributed by atoms with Gasteiger partial charge in [-0.3, -0.25) is 0 Å². The Morgan fingerprint density at radius 2 is 1.96 bits per heavy atom. The third kappa shape index (κ3) is 4.59. The number of nitrogens with zero attached hydrogens (tertiary/aromatic N) is 1. The van der Waals surface area contributed by atoms with Crippen LogP contribution in [0.15, 0.2) is 23.1 Å². The van der Waals surface area contributed by atoms with Crippen molar-refractivity contribution in [2.45, 2.75) is 50.7 Å². The molecular formula is C16H24ClNO4S. The van der Waals surface area contributed by atoms with Crippen molar-refractivity contribution in [3.05, 3.63) is 23.2 Å². The van der Waals surface area contributed by atoms with Crippen molar-refractivity contribution in [1.82, 2.24) is 4.31 Å². The van der Waals surface area contributed by atoms with Crippen LogP contribution in [-0.2, 0) is 14.8 Å². The second-order valence-corrected chi connectivity index (χ2v) is 8.22. The fraction of sp³-hybridized carbons (Fsp3) is 0.625. The van der Waals surface area contributed by atoms with Crippen LogP contribution in [0.5, 0.6) is 5.75 Å². The Bertz CT molecular complexity index is 625. The molecule has 0 spiro atoms. The minimum absolute atomic E-state index is 0.124. The molecule has 1 heterocycles. The lowest BCUT2D eigenvalue weighted by Crippen LogP contribution is -2.48. The lowest BCUT2D eigenvalue weighted by molar-refractivity contribution is -0.0440. The molecule has 1 aromatic rings. The fourth-order valence-corrected chi connectivity index (χ4v) is 4.34. The van der Waals surface area contributed by atoms with Crippen molar-refractivity contribution in [2.75, 3.05) is 19.7 Å². The Morgan fingerprint density at radius 3 is 2.57 bits per heavy atom. The number of morpholine rings is 1. The minimum atomic E-state index is -3.58. The number of ether oxygens (including phenoxy) is 2. The summed E-state index contributed by atoms with van der Waals surface area (Å²) >= 11 is 6.10. The average molecular weight is 362 g/mol. The maximum absolute atomic E-state index is 12.8. The molecule has 0 bridgehead atoms. The van der Waals surface area contributed by atoms with Crippen molar-refractivity contribution in [3.8, 4) is 5.75 Å². The lowest BCUT2D eigenvalue weighted by Gasteiger charge is -2.34. The quantitative estimate of drug-likeness (QED) is 0.729. The summed E-state index contributed by atoms with van der Waals surface area (Å²) in [6.45, 7) is 7.03. The Labute approximate surface area is 143 Å². The first kappa shape index (κ1) is 18.5. The molecule has 23 heavy (non-hydrogen) atoms. The second-order valence-electron chi connectivity index (χ2n) is 5.87. The Kier molecular flexibility index (Phi) is 6.31. The number of rotatable bonds is 6. The highest BCUT2D eigenvalue weighted by Gasteiger charge is 2.32. The topological polar surface area (TPSA) is 55.8 Å². The Morgan fingerprint density at radius 1 is 1.30 bits per heavy atom. The van der Waals surface area contributed by atoms with E-state index >= 15 is 0 Å². The number of benzene rings is 1. The van der Waals surface area contributed by atoms with E-state index in [1.54, 1.807) is 6.07 Å². The lowest BCUT2D eigenvalue weighted by atomic mass is 10.3. The van der Waals surface area contributed by atoms with E-state index in [1.807, 2.05) is 13.8 Å². The molecule has 1 fully saturated rings. The van der Waals surface area contributed by atoms with Crippen molar-refractivity contribution < 1.29 is 17.9 Å². The van der Waals surface area contributed by atoms with Crippen LogP contribution in [0.3, 0.4) is 0 Å². The van der Waals surface area contributed by atoms with E-state index in [4.69, 9.17) is 21.1 Å². The predicted octanol–water partition coefficient (Wildman–Crippen LogP) is 3.32. The summed E-state index contributed by atoms with van der Waals surface area (Å²) in [6, 6.07) is 4.61. The monoisotopic (exact) mass is 361 g/mol. The van der Waals surface area contributed by atoms with Crippen LogP contribution in [0, 0.1) is 0 Å². The summed E-state index contributed by atoms with van der Waals surface area (Å²) in [7, 11) is -3.58. The van der Waals surface area contributed by atoms with Gasteiger partial charge in [0.1, 0.15) is 5.75 Å². The molecule has 0 N–H and O–H groups in total. The molecule has 1 aliphatic heterocycles. The Balaban J connectivity index is 2.23. The fourth-order valence-electron chi connectivity index (χ4n) is 2.56. The highest BCUT2D eigenvalue weighted by atomic mass is 35.5. The molecule has 0 radical (unpaired) electrons. The second kappa shape index (κ2) is 7.83. The number of hydrogen-bond donors (Lipinski definition) is 0.